The van der Waals surface area contributed by atoms with E-state index in [-0.39, 0.29) is 30.7 Å². The summed E-state index contributed by atoms with van der Waals surface area (Å²) in [6, 6.07) is -0.946. The fraction of sp³-hybridized carbons (Fsp3) is 0.789. The molecule has 166 valence electrons. The quantitative estimate of drug-likeness (QED) is 0.434. The lowest BCUT2D eigenvalue weighted by Gasteiger charge is -2.29. The van der Waals surface area contributed by atoms with E-state index in [9.17, 15) is 14.4 Å². The van der Waals surface area contributed by atoms with E-state index in [0.29, 0.717) is 5.17 Å². The smallest absolute Gasteiger partial charge is 0.309 e. The minimum atomic E-state index is -0.946. The molecular formula is C19H33ClN4O4S. The van der Waals surface area contributed by atoms with Crippen LogP contribution >= 0.6 is 24.2 Å². The fourth-order valence-corrected chi connectivity index (χ4v) is 4.32. The van der Waals surface area contributed by atoms with Crippen molar-refractivity contribution in [3.05, 3.63) is 0 Å². The van der Waals surface area contributed by atoms with Gasteiger partial charge in [-0.1, -0.05) is 31.0 Å². The monoisotopic (exact) mass is 448 g/mol. The predicted molar refractivity (Wildman–Crippen MR) is 117 cm³/mol. The average Bonchev–Trinajstić information content (AvgIpc) is 3.10. The molecule has 0 aromatic carbocycles. The molecule has 0 bridgehead atoms. The molecule has 8 nitrogen and oxygen atoms in total. The third kappa shape index (κ3) is 7.79. The number of hydrazone groups is 1. The highest BCUT2D eigenvalue weighted by Crippen LogP contribution is 2.24. The molecule has 1 saturated carbocycles. The Hall–Kier alpha value is -1.32. The molecule has 1 aliphatic carbocycles. The number of amidine groups is 1. The Labute approximate surface area is 183 Å². The normalized spacial score (nSPS) is 20.1. The van der Waals surface area contributed by atoms with Crippen molar-refractivity contribution in [1.82, 2.24) is 15.6 Å². The number of carbonyl (C=O) groups excluding carboxylic acids is 3. The molecule has 1 aliphatic heterocycles. The van der Waals surface area contributed by atoms with Gasteiger partial charge in [-0.3, -0.25) is 14.4 Å². The maximum absolute atomic E-state index is 12.8. The Morgan fingerprint density at radius 1 is 1.28 bits per heavy atom. The SMILES string of the molecule is COC(C)(C)CC(NC(=O)C1CCCCC1)C(=O)C(=O)NN=C1SCCN1C.Cl. The van der Waals surface area contributed by atoms with Crippen molar-refractivity contribution in [2.75, 3.05) is 26.5 Å². The van der Waals surface area contributed by atoms with Crippen molar-refractivity contribution in [3.8, 4) is 0 Å². The van der Waals surface area contributed by atoms with Crippen LogP contribution < -0.4 is 10.7 Å². The molecule has 1 saturated heterocycles. The number of carbonyl (C=O) groups is 3. The van der Waals surface area contributed by atoms with E-state index in [2.05, 4.69) is 15.8 Å². The number of Topliss-reactive ketones (excluding diaryl/α,β-unsaturated/α-hetero) is 1. The van der Waals surface area contributed by atoms with Gasteiger partial charge in [0.1, 0.15) is 6.04 Å². The number of halogens is 1. The molecule has 1 atom stereocenters. The van der Waals surface area contributed by atoms with E-state index in [4.69, 9.17) is 4.74 Å². The standard InChI is InChI=1S/C19H32N4O4S.ClH/c1-19(2,27-4)12-14(20-16(25)13-8-6-5-7-9-13)15(24)17(26)21-22-18-23(3)10-11-28-18;/h13-14H,5-12H2,1-4H3,(H,20,25)(H,21,26);1H. The van der Waals surface area contributed by atoms with Crippen molar-refractivity contribution in [3.63, 3.8) is 0 Å². The zero-order valence-corrected chi connectivity index (χ0v) is 19.3. The largest absolute Gasteiger partial charge is 0.379 e. The van der Waals surface area contributed by atoms with Gasteiger partial charge in [0.05, 0.1) is 5.60 Å². The predicted octanol–water partition coefficient (Wildman–Crippen LogP) is 1.92. The second-order valence-electron chi connectivity index (χ2n) is 8.03. The van der Waals surface area contributed by atoms with Gasteiger partial charge in [-0.05, 0) is 26.7 Å². The minimum Gasteiger partial charge on any atom is -0.379 e. The van der Waals surface area contributed by atoms with E-state index in [1.807, 2.05) is 25.8 Å². The first-order valence-corrected chi connectivity index (χ1v) is 10.8. The van der Waals surface area contributed by atoms with Gasteiger partial charge in [-0.15, -0.1) is 17.5 Å². The van der Waals surface area contributed by atoms with Crippen molar-refractivity contribution >= 4 is 46.9 Å². The average molecular weight is 449 g/mol. The summed E-state index contributed by atoms with van der Waals surface area (Å²) < 4.78 is 5.41. The number of amides is 2. The van der Waals surface area contributed by atoms with Gasteiger partial charge >= 0.3 is 5.91 Å². The summed E-state index contributed by atoms with van der Waals surface area (Å²) in [6.07, 6.45) is 5.03. The summed E-state index contributed by atoms with van der Waals surface area (Å²) in [6.45, 7) is 4.49. The van der Waals surface area contributed by atoms with Crippen molar-refractivity contribution in [2.24, 2.45) is 11.0 Å². The van der Waals surface area contributed by atoms with Gasteiger partial charge in [0.2, 0.25) is 11.7 Å². The van der Waals surface area contributed by atoms with Crippen LogP contribution in [-0.4, -0.2) is 65.8 Å². The number of hydrogen-bond acceptors (Lipinski definition) is 6. The summed E-state index contributed by atoms with van der Waals surface area (Å²) in [7, 11) is 3.42. The lowest BCUT2D eigenvalue weighted by molar-refractivity contribution is -0.141. The van der Waals surface area contributed by atoms with Crippen LogP contribution in [0, 0.1) is 5.92 Å². The first kappa shape index (κ1) is 25.7. The van der Waals surface area contributed by atoms with Crippen LogP contribution in [0.3, 0.4) is 0 Å². The summed E-state index contributed by atoms with van der Waals surface area (Å²) in [4.78, 5) is 39.7. The third-order valence-electron chi connectivity index (χ3n) is 5.32. The Kier molecular flexibility index (Phi) is 10.4. The van der Waals surface area contributed by atoms with Crippen LogP contribution in [0.25, 0.3) is 0 Å². The summed E-state index contributed by atoms with van der Waals surface area (Å²) in [5.74, 6) is -0.892. The molecule has 0 aromatic rings. The van der Waals surface area contributed by atoms with Crippen LogP contribution in [0.15, 0.2) is 5.10 Å². The molecular weight excluding hydrogens is 416 g/mol. The second kappa shape index (κ2) is 11.8. The summed E-state index contributed by atoms with van der Waals surface area (Å²) in [5, 5.41) is 7.50. The number of hydrogen-bond donors (Lipinski definition) is 2. The molecule has 2 rings (SSSR count). The number of methoxy groups -OCH3 is 1. The Bertz CT molecular complexity index is 623. The van der Waals surface area contributed by atoms with Crippen LogP contribution in [0.4, 0.5) is 0 Å². The van der Waals surface area contributed by atoms with Gasteiger partial charge in [0, 0.05) is 38.8 Å². The van der Waals surface area contributed by atoms with Gasteiger partial charge in [0.15, 0.2) is 5.17 Å². The molecule has 0 aromatic heterocycles. The highest BCUT2D eigenvalue weighted by Gasteiger charge is 2.34. The number of ketones is 1. The topological polar surface area (TPSA) is 100 Å². The van der Waals surface area contributed by atoms with Crippen LogP contribution in [0.5, 0.6) is 0 Å². The molecule has 1 unspecified atom stereocenters. The number of rotatable bonds is 8. The van der Waals surface area contributed by atoms with Crippen molar-refractivity contribution in [1.29, 1.82) is 0 Å². The molecule has 0 radical (unpaired) electrons. The highest BCUT2D eigenvalue weighted by atomic mass is 35.5. The molecule has 2 N–H and O–H groups in total. The van der Waals surface area contributed by atoms with Crippen LogP contribution in [0.1, 0.15) is 52.4 Å². The maximum atomic E-state index is 12.8. The first-order chi connectivity index (χ1) is 13.2. The zero-order valence-electron chi connectivity index (χ0n) is 17.7. The highest BCUT2D eigenvalue weighted by molar-refractivity contribution is 8.14. The maximum Gasteiger partial charge on any atom is 0.309 e. The van der Waals surface area contributed by atoms with Crippen LogP contribution in [-0.2, 0) is 19.1 Å². The molecule has 2 aliphatic rings. The first-order valence-electron chi connectivity index (χ1n) is 9.85. The summed E-state index contributed by atoms with van der Waals surface area (Å²) >= 11 is 1.52. The van der Waals surface area contributed by atoms with E-state index in [0.717, 1.165) is 44.4 Å². The molecule has 2 fully saturated rings. The molecule has 1 heterocycles. The lowest BCUT2D eigenvalue weighted by atomic mass is 9.87. The van der Waals surface area contributed by atoms with Gasteiger partial charge in [-0.2, -0.15) is 0 Å². The zero-order chi connectivity index (χ0) is 20.7. The van der Waals surface area contributed by atoms with Crippen molar-refractivity contribution < 1.29 is 19.1 Å². The number of thioether (sulfide) groups is 1. The van der Waals surface area contributed by atoms with Gasteiger partial charge < -0.3 is 15.0 Å². The fourth-order valence-electron chi connectivity index (χ4n) is 3.35. The van der Waals surface area contributed by atoms with E-state index in [1.54, 1.807) is 7.11 Å². The number of ether oxygens (including phenoxy) is 1. The van der Waals surface area contributed by atoms with E-state index in [1.165, 1.54) is 11.8 Å². The molecule has 10 heteroatoms. The number of nitrogens with one attached hydrogen (secondary N) is 2. The lowest BCUT2D eigenvalue weighted by Crippen LogP contribution is -2.51. The van der Waals surface area contributed by atoms with Crippen molar-refractivity contribution in [2.45, 2.75) is 64.0 Å². The minimum absolute atomic E-state index is 0. The number of nitrogens with zero attached hydrogens (tertiary/aromatic N) is 2. The third-order valence-corrected chi connectivity index (χ3v) is 6.37. The Morgan fingerprint density at radius 2 is 1.93 bits per heavy atom. The van der Waals surface area contributed by atoms with E-state index >= 15 is 0 Å². The Morgan fingerprint density at radius 3 is 2.48 bits per heavy atom. The second-order valence-corrected chi connectivity index (χ2v) is 9.10. The van der Waals surface area contributed by atoms with Gasteiger partial charge in [-0.25, -0.2) is 5.43 Å². The molecule has 29 heavy (non-hydrogen) atoms. The molecule has 0 spiro atoms. The Balaban J connectivity index is 0.00000420. The van der Waals surface area contributed by atoms with Crippen LogP contribution in [0.2, 0.25) is 0 Å². The summed E-state index contributed by atoms with van der Waals surface area (Å²) in [5.41, 5.74) is 1.68. The van der Waals surface area contributed by atoms with Gasteiger partial charge in [0.25, 0.3) is 0 Å². The van der Waals surface area contributed by atoms with E-state index < -0.39 is 23.3 Å². The molecule has 2 amide bonds.